The van der Waals surface area contributed by atoms with Crippen molar-refractivity contribution in [2.24, 2.45) is 0 Å². The van der Waals surface area contributed by atoms with Crippen LogP contribution in [0.5, 0.6) is 11.5 Å². The highest BCUT2D eigenvalue weighted by atomic mass is 16.5. The van der Waals surface area contributed by atoms with Gasteiger partial charge in [0.25, 0.3) is 0 Å². The number of aliphatic hydroxyl groups excluding tert-OH is 1. The lowest BCUT2D eigenvalue weighted by Gasteiger charge is -2.08. The molecule has 0 bridgehead atoms. The van der Waals surface area contributed by atoms with Crippen molar-refractivity contribution in [3.8, 4) is 23.3 Å². The Labute approximate surface area is 118 Å². The minimum Gasteiger partial charge on any atom is -0.508 e. The van der Waals surface area contributed by atoms with Crippen molar-refractivity contribution >= 4 is 0 Å². The predicted octanol–water partition coefficient (Wildman–Crippen LogP) is 2.62. The largest absolute Gasteiger partial charge is 0.508 e. The predicted molar refractivity (Wildman–Crippen MR) is 77.6 cm³/mol. The first kappa shape index (κ1) is 14.0. The molecule has 0 atom stereocenters. The fourth-order valence-electron chi connectivity index (χ4n) is 1.76. The minimum absolute atomic E-state index is 0.140. The number of hydrogen-bond acceptors (Lipinski definition) is 3. The molecular formula is C17H16O3. The SMILES string of the molecule is Cc1cc(OCc2ccc(O)cc2)ccc1C#CCO. The molecule has 0 fully saturated rings. The fourth-order valence-corrected chi connectivity index (χ4v) is 1.76. The van der Waals surface area contributed by atoms with E-state index < -0.39 is 0 Å². The molecule has 2 N–H and O–H groups in total. The summed E-state index contributed by atoms with van der Waals surface area (Å²) in [5, 5.41) is 17.9. The van der Waals surface area contributed by atoms with Crippen LogP contribution in [0.25, 0.3) is 0 Å². The lowest BCUT2D eigenvalue weighted by molar-refractivity contribution is 0.306. The van der Waals surface area contributed by atoms with Gasteiger partial charge in [0, 0.05) is 5.56 Å². The van der Waals surface area contributed by atoms with Crippen LogP contribution in [0.15, 0.2) is 42.5 Å². The molecule has 0 aliphatic rings. The summed E-state index contributed by atoms with van der Waals surface area (Å²) < 4.78 is 5.69. The minimum atomic E-state index is -0.140. The first-order valence-electron chi connectivity index (χ1n) is 6.30. The summed E-state index contributed by atoms with van der Waals surface area (Å²) >= 11 is 0. The monoisotopic (exact) mass is 268 g/mol. The van der Waals surface area contributed by atoms with E-state index in [9.17, 15) is 5.11 Å². The third-order valence-corrected chi connectivity index (χ3v) is 2.84. The molecule has 2 rings (SSSR count). The van der Waals surface area contributed by atoms with Crippen molar-refractivity contribution in [1.29, 1.82) is 0 Å². The second-order valence-electron chi connectivity index (χ2n) is 4.39. The van der Waals surface area contributed by atoms with E-state index in [0.717, 1.165) is 22.4 Å². The van der Waals surface area contributed by atoms with Gasteiger partial charge in [-0.25, -0.2) is 0 Å². The number of aromatic hydroxyl groups is 1. The number of hydrogen-bond donors (Lipinski definition) is 2. The van der Waals surface area contributed by atoms with E-state index in [2.05, 4.69) is 11.8 Å². The maximum Gasteiger partial charge on any atom is 0.120 e. The zero-order valence-electron chi connectivity index (χ0n) is 11.3. The van der Waals surface area contributed by atoms with Gasteiger partial charge < -0.3 is 14.9 Å². The van der Waals surface area contributed by atoms with Crippen molar-refractivity contribution in [2.75, 3.05) is 6.61 Å². The van der Waals surface area contributed by atoms with Crippen molar-refractivity contribution in [2.45, 2.75) is 13.5 Å². The molecule has 20 heavy (non-hydrogen) atoms. The average Bonchev–Trinajstić information content (AvgIpc) is 2.46. The van der Waals surface area contributed by atoms with Crippen LogP contribution >= 0.6 is 0 Å². The number of benzene rings is 2. The lowest BCUT2D eigenvalue weighted by Crippen LogP contribution is -1.96. The molecule has 0 heterocycles. The van der Waals surface area contributed by atoms with Crippen LogP contribution in [0.4, 0.5) is 0 Å². The summed E-state index contributed by atoms with van der Waals surface area (Å²) in [6.45, 7) is 2.26. The number of aliphatic hydroxyl groups is 1. The van der Waals surface area contributed by atoms with E-state index in [0.29, 0.717) is 6.61 Å². The number of aryl methyl sites for hydroxylation is 1. The number of phenolic OH excluding ortho intramolecular Hbond substituents is 1. The van der Waals surface area contributed by atoms with Crippen LogP contribution in [-0.4, -0.2) is 16.8 Å². The fraction of sp³-hybridized carbons (Fsp3) is 0.176. The van der Waals surface area contributed by atoms with E-state index >= 15 is 0 Å². The van der Waals surface area contributed by atoms with Crippen molar-refractivity contribution in [3.63, 3.8) is 0 Å². The van der Waals surface area contributed by atoms with Crippen LogP contribution in [0.2, 0.25) is 0 Å². The molecule has 102 valence electrons. The van der Waals surface area contributed by atoms with Gasteiger partial charge in [-0.05, 0) is 48.4 Å². The first-order valence-corrected chi connectivity index (χ1v) is 6.30. The average molecular weight is 268 g/mol. The quantitative estimate of drug-likeness (QED) is 0.841. The normalized spacial score (nSPS) is 9.70. The molecule has 0 aromatic heterocycles. The van der Waals surface area contributed by atoms with Crippen LogP contribution in [0.3, 0.4) is 0 Å². The Morgan fingerprint density at radius 1 is 1.10 bits per heavy atom. The molecule has 2 aromatic carbocycles. The molecule has 0 saturated heterocycles. The van der Waals surface area contributed by atoms with Crippen molar-refractivity contribution in [1.82, 2.24) is 0 Å². The van der Waals surface area contributed by atoms with Gasteiger partial charge in [-0.2, -0.15) is 0 Å². The summed E-state index contributed by atoms with van der Waals surface area (Å²) in [6.07, 6.45) is 0. The highest BCUT2D eigenvalue weighted by Gasteiger charge is 2.00. The molecule has 0 aliphatic heterocycles. The van der Waals surface area contributed by atoms with E-state index in [1.807, 2.05) is 37.3 Å². The highest BCUT2D eigenvalue weighted by molar-refractivity contribution is 5.44. The van der Waals surface area contributed by atoms with E-state index in [1.54, 1.807) is 12.1 Å². The van der Waals surface area contributed by atoms with Crippen LogP contribution in [-0.2, 0) is 6.61 Å². The van der Waals surface area contributed by atoms with Gasteiger partial charge in [-0.1, -0.05) is 24.0 Å². The smallest absolute Gasteiger partial charge is 0.120 e. The van der Waals surface area contributed by atoms with Crippen molar-refractivity contribution in [3.05, 3.63) is 59.2 Å². The Morgan fingerprint density at radius 3 is 2.50 bits per heavy atom. The lowest BCUT2D eigenvalue weighted by atomic mass is 10.1. The zero-order chi connectivity index (χ0) is 14.4. The third-order valence-electron chi connectivity index (χ3n) is 2.84. The Balaban J connectivity index is 2.03. The second kappa shape index (κ2) is 6.65. The van der Waals surface area contributed by atoms with Gasteiger partial charge in [-0.15, -0.1) is 0 Å². The Hall–Kier alpha value is -2.44. The van der Waals surface area contributed by atoms with Gasteiger partial charge in [-0.3, -0.25) is 0 Å². The standard InChI is InChI=1S/C17H16O3/c1-13-11-17(9-6-15(13)3-2-10-18)20-12-14-4-7-16(19)8-5-14/h4-9,11,18-19H,10,12H2,1H3. The molecule has 0 spiro atoms. The van der Waals surface area contributed by atoms with Gasteiger partial charge in [0.2, 0.25) is 0 Å². The molecule has 0 aliphatic carbocycles. The topological polar surface area (TPSA) is 49.7 Å². The molecule has 0 saturated carbocycles. The van der Waals surface area contributed by atoms with Crippen LogP contribution in [0.1, 0.15) is 16.7 Å². The summed E-state index contributed by atoms with van der Waals surface area (Å²) in [6, 6.07) is 12.6. The van der Waals surface area contributed by atoms with Gasteiger partial charge in [0.1, 0.15) is 24.7 Å². The maximum atomic E-state index is 9.21. The molecule has 2 aromatic rings. The number of phenols is 1. The number of ether oxygens (including phenoxy) is 1. The Bertz CT molecular complexity index is 634. The summed E-state index contributed by atoms with van der Waals surface area (Å²) in [7, 11) is 0. The summed E-state index contributed by atoms with van der Waals surface area (Å²) in [4.78, 5) is 0. The van der Waals surface area contributed by atoms with Gasteiger partial charge in [0.15, 0.2) is 0 Å². The first-order chi connectivity index (χ1) is 9.69. The third kappa shape index (κ3) is 3.78. The summed E-state index contributed by atoms with van der Waals surface area (Å²) in [5.41, 5.74) is 2.88. The molecule has 0 unspecified atom stereocenters. The van der Waals surface area contributed by atoms with Crippen LogP contribution < -0.4 is 4.74 Å². The molecule has 3 nitrogen and oxygen atoms in total. The van der Waals surface area contributed by atoms with Gasteiger partial charge >= 0.3 is 0 Å². The van der Waals surface area contributed by atoms with E-state index in [-0.39, 0.29) is 12.4 Å². The second-order valence-corrected chi connectivity index (χ2v) is 4.39. The van der Waals surface area contributed by atoms with E-state index in [4.69, 9.17) is 9.84 Å². The zero-order valence-corrected chi connectivity index (χ0v) is 11.3. The molecule has 3 heteroatoms. The molecule has 0 radical (unpaired) electrons. The maximum absolute atomic E-state index is 9.21. The molecule has 0 amide bonds. The Morgan fingerprint density at radius 2 is 1.85 bits per heavy atom. The van der Waals surface area contributed by atoms with Gasteiger partial charge in [0.05, 0.1) is 0 Å². The van der Waals surface area contributed by atoms with E-state index in [1.165, 1.54) is 0 Å². The highest BCUT2D eigenvalue weighted by Crippen LogP contribution is 2.18. The Kier molecular flexibility index (Phi) is 4.65. The van der Waals surface area contributed by atoms with Crippen molar-refractivity contribution < 1.29 is 14.9 Å². The number of rotatable bonds is 3. The molecular weight excluding hydrogens is 252 g/mol. The summed E-state index contributed by atoms with van der Waals surface area (Å²) in [5.74, 6) is 6.53. The van der Waals surface area contributed by atoms with Crippen LogP contribution in [0, 0.1) is 18.8 Å².